The van der Waals surface area contributed by atoms with E-state index in [0.717, 1.165) is 5.69 Å². The maximum absolute atomic E-state index is 5.94. The van der Waals surface area contributed by atoms with Crippen LogP contribution in [0.2, 0.25) is 0 Å². The average molecular weight is 242 g/mol. The minimum Gasteiger partial charge on any atom is -0.376 e. The van der Waals surface area contributed by atoms with Gasteiger partial charge in [-0.15, -0.1) is 0 Å². The Morgan fingerprint density at radius 2 is 1.56 bits per heavy atom. The molecule has 1 aromatic rings. The Morgan fingerprint density at radius 1 is 1.06 bits per heavy atom. The summed E-state index contributed by atoms with van der Waals surface area (Å²) in [6.07, 6.45) is 0.403. The van der Waals surface area contributed by atoms with Crippen LogP contribution < -0.4 is 10.9 Å². The van der Waals surface area contributed by atoms with Crippen LogP contribution in [0.3, 0.4) is 0 Å². The maximum Gasteiger partial charge on any atom is 0.522 e. The second-order valence-electron chi connectivity index (χ2n) is 3.26. The highest BCUT2D eigenvalue weighted by molar-refractivity contribution is 6.61. The molecule has 90 valence electrons. The molecule has 5 nitrogen and oxygen atoms in total. The van der Waals surface area contributed by atoms with E-state index in [4.69, 9.17) is 19.1 Å². The van der Waals surface area contributed by atoms with Crippen molar-refractivity contribution in [2.75, 3.05) is 32.5 Å². The molecule has 0 aromatic heterocycles. The second-order valence-corrected chi connectivity index (χ2v) is 6.17. The van der Waals surface area contributed by atoms with Gasteiger partial charge in [-0.1, -0.05) is 18.2 Å². The molecule has 6 heteroatoms. The molecule has 0 aliphatic carbocycles. The van der Waals surface area contributed by atoms with E-state index >= 15 is 0 Å². The number of nitrogens with two attached hydrogens (primary N) is 1. The number of nitrogens with zero attached hydrogens (tertiary/aromatic N) is 1. The quantitative estimate of drug-likeness (QED) is 0.454. The zero-order valence-electron chi connectivity index (χ0n) is 9.84. The Bertz CT molecular complexity index is 298. The number of anilines is 1. The fourth-order valence-electron chi connectivity index (χ4n) is 1.36. The van der Waals surface area contributed by atoms with Crippen LogP contribution in [-0.2, 0) is 13.3 Å². The molecule has 0 bridgehead atoms. The highest BCUT2D eigenvalue weighted by atomic mass is 28.4. The summed E-state index contributed by atoms with van der Waals surface area (Å²) < 4.78 is 15.9. The van der Waals surface area contributed by atoms with Gasteiger partial charge in [0.25, 0.3) is 0 Å². The Kier molecular flexibility index (Phi) is 4.91. The molecule has 0 atom stereocenters. The molecule has 0 saturated heterocycles. The molecule has 0 radical (unpaired) electrons. The Balaban J connectivity index is 2.73. The van der Waals surface area contributed by atoms with Crippen LogP contribution in [0.15, 0.2) is 30.3 Å². The van der Waals surface area contributed by atoms with Crippen molar-refractivity contribution in [3.63, 3.8) is 0 Å². The zero-order chi connectivity index (χ0) is 12.0. The number of hydrogen-bond acceptors (Lipinski definition) is 5. The number of rotatable bonds is 6. The summed E-state index contributed by atoms with van der Waals surface area (Å²) in [5.41, 5.74) is 0.894. The lowest BCUT2D eigenvalue weighted by molar-refractivity contribution is 0.124. The minimum absolute atomic E-state index is 0.403. The first kappa shape index (κ1) is 13.1. The predicted octanol–water partition coefficient (Wildman–Crippen LogP) is 0.784. The van der Waals surface area contributed by atoms with Crippen LogP contribution in [0.4, 0.5) is 5.69 Å². The van der Waals surface area contributed by atoms with E-state index in [0.29, 0.717) is 6.17 Å². The van der Waals surface area contributed by atoms with Gasteiger partial charge in [0, 0.05) is 21.3 Å². The first-order valence-electron chi connectivity index (χ1n) is 4.90. The van der Waals surface area contributed by atoms with E-state index in [9.17, 15) is 0 Å². The first-order chi connectivity index (χ1) is 7.67. The van der Waals surface area contributed by atoms with Crippen LogP contribution in [0, 0.1) is 0 Å². The molecule has 0 unspecified atom stereocenters. The maximum atomic E-state index is 5.94. The Labute approximate surface area is 97.1 Å². The molecule has 0 aliphatic heterocycles. The van der Waals surface area contributed by atoms with Gasteiger partial charge < -0.3 is 18.3 Å². The van der Waals surface area contributed by atoms with E-state index in [-0.39, 0.29) is 0 Å². The standard InChI is InChI=1S/C10H18N2O3Si/c1-13-16(14-2,15-3)9-12(11)10-7-5-4-6-8-10/h4-8H,9,11H2,1-3H3. The van der Waals surface area contributed by atoms with Gasteiger partial charge in [-0.25, -0.2) is 5.84 Å². The molecule has 0 spiro atoms. The van der Waals surface area contributed by atoms with Crippen molar-refractivity contribution in [2.24, 2.45) is 5.84 Å². The molecule has 0 heterocycles. The smallest absolute Gasteiger partial charge is 0.376 e. The monoisotopic (exact) mass is 242 g/mol. The normalized spacial score (nSPS) is 11.5. The minimum atomic E-state index is -2.66. The largest absolute Gasteiger partial charge is 0.522 e. The lowest BCUT2D eigenvalue weighted by Crippen LogP contribution is -2.55. The lowest BCUT2D eigenvalue weighted by Gasteiger charge is -2.29. The molecule has 0 aliphatic rings. The van der Waals surface area contributed by atoms with Crippen molar-refractivity contribution in [3.8, 4) is 0 Å². The van der Waals surface area contributed by atoms with Crippen LogP contribution in [0.25, 0.3) is 0 Å². The van der Waals surface area contributed by atoms with Crippen molar-refractivity contribution >= 4 is 14.5 Å². The topological polar surface area (TPSA) is 57.0 Å². The predicted molar refractivity (Wildman–Crippen MR) is 64.8 cm³/mol. The average Bonchev–Trinajstić information content (AvgIpc) is 2.37. The molecule has 1 rings (SSSR count). The van der Waals surface area contributed by atoms with Crippen molar-refractivity contribution in [3.05, 3.63) is 30.3 Å². The van der Waals surface area contributed by atoms with Crippen molar-refractivity contribution in [1.82, 2.24) is 0 Å². The first-order valence-corrected chi connectivity index (χ1v) is 6.83. The van der Waals surface area contributed by atoms with Crippen LogP contribution in [-0.4, -0.2) is 36.3 Å². The summed E-state index contributed by atoms with van der Waals surface area (Å²) in [5, 5.41) is 1.57. The Hall–Kier alpha value is -0.923. The van der Waals surface area contributed by atoms with Crippen molar-refractivity contribution < 1.29 is 13.3 Å². The molecule has 0 amide bonds. The SMILES string of the molecule is CO[Si](CN(N)c1ccccc1)(OC)OC. The summed E-state index contributed by atoms with van der Waals surface area (Å²) >= 11 is 0. The molecule has 2 N–H and O–H groups in total. The lowest BCUT2D eigenvalue weighted by atomic mass is 10.3. The third-order valence-corrected chi connectivity index (χ3v) is 4.98. The van der Waals surface area contributed by atoms with Gasteiger partial charge in [0.15, 0.2) is 0 Å². The van der Waals surface area contributed by atoms with E-state index in [1.165, 1.54) is 0 Å². The summed E-state index contributed by atoms with van der Waals surface area (Å²) in [4.78, 5) is 0. The third-order valence-electron chi connectivity index (χ3n) is 2.38. The van der Waals surface area contributed by atoms with Crippen LogP contribution >= 0.6 is 0 Å². The zero-order valence-corrected chi connectivity index (χ0v) is 10.8. The second kappa shape index (κ2) is 5.97. The molecule has 16 heavy (non-hydrogen) atoms. The van der Waals surface area contributed by atoms with E-state index in [1.807, 2.05) is 30.3 Å². The molecule has 0 fully saturated rings. The van der Waals surface area contributed by atoms with Gasteiger partial charge in [0.1, 0.15) is 6.17 Å². The molecule has 1 aromatic carbocycles. The summed E-state index contributed by atoms with van der Waals surface area (Å²) in [5.74, 6) is 5.94. The van der Waals surface area contributed by atoms with Crippen LogP contribution in [0.5, 0.6) is 0 Å². The van der Waals surface area contributed by atoms with Crippen molar-refractivity contribution in [1.29, 1.82) is 0 Å². The van der Waals surface area contributed by atoms with E-state index < -0.39 is 8.80 Å². The van der Waals surface area contributed by atoms with E-state index in [2.05, 4.69) is 0 Å². The summed E-state index contributed by atoms with van der Waals surface area (Å²) in [7, 11) is 2.04. The van der Waals surface area contributed by atoms with Gasteiger partial charge in [0.2, 0.25) is 0 Å². The molecular formula is C10H18N2O3Si. The number of para-hydroxylation sites is 1. The van der Waals surface area contributed by atoms with Gasteiger partial charge in [0.05, 0.1) is 5.69 Å². The number of benzene rings is 1. The number of hydrazine groups is 1. The fourth-order valence-corrected chi connectivity index (χ4v) is 2.85. The third kappa shape index (κ3) is 3.03. The summed E-state index contributed by atoms with van der Waals surface area (Å²) in [6.45, 7) is 0. The highest BCUT2D eigenvalue weighted by Gasteiger charge is 2.39. The number of hydrogen-bond donors (Lipinski definition) is 1. The van der Waals surface area contributed by atoms with Gasteiger partial charge in [-0.3, -0.25) is 0 Å². The fraction of sp³-hybridized carbons (Fsp3) is 0.400. The molecular weight excluding hydrogens is 224 g/mol. The van der Waals surface area contributed by atoms with Crippen LogP contribution in [0.1, 0.15) is 0 Å². The van der Waals surface area contributed by atoms with Crippen molar-refractivity contribution in [2.45, 2.75) is 0 Å². The van der Waals surface area contributed by atoms with Gasteiger partial charge >= 0.3 is 8.80 Å². The van der Waals surface area contributed by atoms with Gasteiger partial charge in [-0.2, -0.15) is 0 Å². The van der Waals surface area contributed by atoms with E-state index in [1.54, 1.807) is 26.3 Å². The summed E-state index contributed by atoms with van der Waals surface area (Å²) in [6, 6.07) is 9.61. The van der Waals surface area contributed by atoms with Gasteiger partial charge in [-0.05, 0) is 12.1 Å². The molecule has 0 saturated carbocycles. The highest BCUT2D eigenvalue weighted by Crippen LogP contribution is 2.14. The Morgan fingerprint density at radius 3 is 2.00 bits per heavy atom.